The Bertz CT molecular complexity index is 1510. The molecule has 1 aliphatic heterocycles. The third-order valence-corrected chi connectivity index (χ3v) is 7.90. The number of benzene rings is 2. The molecule has 1 aliphatic rings. The summed E-state index contributed by atoms with van der Waals surface area (Å²) in [6.07, 6.45) is -0.876. The number of imidazole rings is 1. The van der Waals surface area contributed by atoms with Crippen molar-refractivity contribution < 1.29 is 22.3 Å². The van der Waals surface area contributed by atoms with Gasteiger partial charge in [0.2, 0.25) is 16.0 Å². The maximum absolute atomic E-state index is 16.2. The van der Waals surface area contributed by atoms with Gasteiger partial charge >= 0.3 is 6.09 Å². The Kier molecular flexibility index (Phi) is 6.28. The number of hydrogen-bond acceptors (Lipinski definition) is 6. The average Bonchev–Trinajstić information content (AvgIpc) is 3.05. The van der Waals surface area contributed by atoms with Crippen molar-refractivity contribution in [3.63, 3.8) is 0 Å². The molecular weight excluding hydrogens is 509 g/mol. The number of aliphatic imine (C=N–C) groups is 1. The van der Waals surface area contributed by atoms with Crippen LogP contribution in [0.3, 0.4) is 0 Å². The molecule has 2 heterocycles. The molecule has 36 heavy (non-hydrogen) atoms. The molecule has 0 spiro atoms. The number of nitrogens with one attached hydrogen (secondary N) is 1. The zero-order valence-corrected chi connectivity index (χ0v) is 22.3. The van der Waals surface area contributed by atoms with Crippen LogP contribution in [0.25, 0.3) is 16.7 Å². The topological polar surface area (TPSA) is 106 Å². The second-order valence-corrected chi connectivity index (χ2v) is 12.3. The van der Waals surface area contributed by atoms with Gasteiger partial charge in [0.25, 0.3) is 0 Å². The predicted octanol–water partition coefficient (Wildman–Crippen LogP) is 4.50. The fraction of sp³-hybridized carbons (Fsp3) is 0.375. The smallest absolute Gasteiger partial charge is 0.414 e. The molecule has 192 valence electrons. The first-order valence-electron chi connectivity index (χ1n) is 11.1. The van der Waals surface area contributed by atoms with Crippen molar-refractivity contribution in [1.29, 1.82) is 0 Å². The van der Waals surface area contributed by atoms with Gasteiger partial charge in [-0.15, -0.1) is 0 Å². The average molecular weight is 536 g/mol. The van der Waals surface area contributed by atoms with Gasteiger partial charge in [-0.05, 0) is 58.9 Å². The van der Waals surface area contributed by atoms with Crippen molar-refractivity contribution in [2.45, 2.75) is 45.8 Å². The summed E-state index contributed by atoms with van der Waals surface area (Å²) in [5.74, 6) is -0.909. The number of carbonyl (C=O) groups is 1. The van der Waals surface area contributed by atoms with Crippen LogP contribution < -0.4 is 5.32 Å². The molecule has 1 N–H and O–H groups in total. The molecule has 3 aromatic rings. The zero-order valence-electron chi connectivity index (χ0n) is 20.8. The molecule has 12 heteroatoms. The first kappa shape index (κ1) is 25.9. The minimum absolute atomic E-state index is 0.0449. The lowest BCUT2D eigenvalue weighted by atomic mass is 9.93. The quantitative estimate of drug-likeness (QED) is 0.520. The van der Waals surface area contributed by atoms with Gasteiger partial charge in [-0.1, -0.05) is 23.7 Å². The molecule has 4 rings (SSSR count). The standard InChI is InChI=1S/C24H27ClFN5O4S/c1-14-27-17-11-10-15(25)12-19(17)31(14)18-9-7-8-16(20(18)26)24(5)13-36(33,34)30(6)21(29-24)28-22(32)35-23(2,3)4/h7-12H,13H2,1-6H3,(H,28,29,32)/t24-/m0/s1. The summed E-state index contributed by atoms with van der Waals surface area (Å²) in [4.78, 5) is 21.3. The highest BCUT2D eigenvalue weighted by Crippen LogP contribution is 2.36. The summed E-state index contributed by atoms with van der Waals surface area (Å²) in [5.41, 5.74) is -0.899. The number of aromatic nitrogens is 2. The molecule has 0 bridgehead atoms. The van der Waals surface area contributed by atoms with Gasteiger partial charge in [-0.25, -0.2) is 31.9 Å². The van der Waals surface area contributed by atoms with Crippen LogP contribution in [0.4, 0.5) is 9.18 Å². The lowest BCUT2D eigenvalue weighted by molar-refractivity contribution is 0.0559. The Morgan fingerprint density at radius 3 is 2.61 bits per heavy atom. The van der Waals surface area contributed by atoms with Crippen molar-refractivity contribution in [2.24, 2.45) is 4.99 Å². The van der Waals surface area contributed by atoms with Crippen LogP contribution in [-0.2, 0) is 20.3 Å². The Hall–Kier alpha value is -3.18. The van der Waals surface area contributed by atoms with Crippen LogP contribution in [0, 0.1) is 12.7 Å². The third kappa shape index (κ3) is 4.77. The minimum atomic E-state index is -3.96. The number of amides is 1. The number of carbonyl (C=O) groups excluding carboxylic acids is 1. The number of sulfonamides is 1. The van der Waals surface area contributed by atoms with Crippen molar-refractivity contribution in [2.75, 3.05) is 12.8 Å². The number of aryl methyl sites for hydroxylation is 1. The van der Waals surface area contributed by atoms with E-state index in [-0.39, 0.29) is 17.2 Å². The maximum atomic E-state index is 16.2. The number of fused-ring (bicyclic) bond motifs is 1. The van der Waals surface area contributed by atoms with Gasteiger partial charge in [-0.3, -0.25) is 9.88 Å². The van der Waals surface area contributed by atoms with E-state index in [1.165, 1.54) is 20.0 Å². The van der Waals surface area contributed by atoms with Crippen LogP contribution in [-0.4, -0.2) is 52.7 Å². The molecule has 1 amide bonds. The second-order valence-electron chi connectivity index (χ2n) is 9.83. The molecule has 0 unspecified atom stereocenters. The second kappa shape index (κ2) is 8.74. The molecule has 1 atom stereocenters. The van der Waals surface area contributed by atoms with Crippen molar-refractivity contribution in [1.82, 2.24) is 19.2 Å². The van der Waals surface area contributed by atoms with E-state index < -0.39 is 38.8 Å². The number of rotatable bonds is 2. The van der Waals surface area contributed by atoms with Gasteiger partial charge in [-0.2, -0.15) is 0 Å². The SMILES string of the molecule is Cc1nc2ccc(Cl)cc2n1-c1cccc([C@]2(C)CS(=O)(=O)N(C)C(NC(=O)OC(C)(C)C)=N2)c1F. The fourth-order valence-corrected chi connectivity index (χ4v) is 5.78. The Labute approximate surface area is 214 Å². The highest BCUT2D eigenvalue weighted by atomic mass is 35.5. The highest BCUT2D eigenvalue weighted by molar-refractivity contribution is 7.89. The zero-order chi connectivity index (χ0) is 26.6. The van der Waals surface area contributed by atoms with Crippen LogP contribution in [0.5, 0.6) is 0 Å². The van der Waals surface area contributed by atoms with E-state index in [2.05, 4.69) is 15.3 Å². The highest BCUT2D eigenvalue weighted by Gasteiger charge is 2.43. The summed E-state index contributed by atoms with van der Waals surface area (Å²) in [6.45, 7) is 8.27. The van der Waals surface area contributed by atoms with Crippen molar-refractivity contribution >= 4 is 44.7 Å². The van der Waals surface area contributed by atoms with Gasteiger partial charge < -0.3 is 4.74 Å². The summed E-state index contributed by atoms with van der Waals surface area (Å²) in [6, 6.07) is 9.81. The summed E-state index contributed by atoms with van der Waals surface area (Å²) in [5, 5.41) is 2.86. The molecule has 0 aliphatic carbocycles. The van der Waals surface area contributed by atoms with E-state index in [1.54, 1.807) is 62.6 Å². The van der Waals surface area contributed by atoms with E-state index in [1.807, 2.05) is 0 Å². The fourth-order valence-electron chi connectivity index (χ4n) is 4.14. The van der Waals surface area contributed by atoms with Crippen LogP contribution >= 0.6 is 11.6 Å². The van der Waals surface area contributed by atoms with E-state index in [0.717, 1.165) is 4.31 Å². The first-order chi connectivity index (χ1) is 16.6. The van der Waals surface area contributed by atoms with Gasteiger partial charge in [0.15, 0.2) is 5.82 Å². The Morgan fingerprint density at radius 2 is 1.94 bits per heavy atom. The lowest BCUT2D eigenvalue weighted by Crippen LogP contribution is -2.54. The lowest BCUT2D eigenvalue weighted by Gasteiger charge is -2.36. The molecular formula is C24H27ClFN5O4S. The number of alkyl carbamates (subject to hydrolysis) is 1. The first-order valence-corrected chi connectivity index (χ1v) is 13.1. The number of hydrogen-bond donors (Lipinski definition) is 1. The molecule has 9 nitrogen and oxygen atoms in total. The number of guanidine groups is 1. The van der Waals surface area contributed by atoms with Crippen molar-refractivity contribution in [3.8, 4) is 5.69 Å². The molecule has 0 saturated carbocycles. The molecule has 0 radical (unpaired) electrons. The third-order valence-electron chi connectivity index (χ3n) is 5.73. The number of halogens is 2. The van der Waals surface area contributed by atoms with E-state index in [9.17, 15) is 13.2 Å². The Morgan fingerprint density at radius 1 is 1.25 bits per heavy atom. The van der Waals surface area contributed by atoms with E-state index in [4.69, 9.17) is 16.3 Å². The number of nitrogens with zero attached hydrogens (tertiary/aromatic N) is 4. The summed E-state index contributed by atoms with van der Waals surface area (Å²) < 4.78 is 50.0. The normalized spacial score (nSPS) is 19.8. The molecule has 0 saturated heterocycles. The van der Waals surface area contributed by atoms with Crippen LogP contribution in [0.1, 0.15) is 39.1 Å². The molecule has 0 fully saturated rings. The Balaban J connectivity index is 1.84. The maximum Gasteiger partial charge on any atom is 0.414 e. The van der Waals surface area contributed by atoms with Crippen molar-refractivity contribution in [3.05, 3.63) is 58.6 Å². The van der Waals surface area contributed by atoms with E-state index >= 15 is 4.39 Å². The molecule has 1 aromatic heterocycles. The van der Waals surface area contributed by atoms with Crippen LogP contribution in [0.15, 0.2) is 41.4 Å². The largest absolute Gasteiger partial charge is 0.444 e. The van der Waals surface area contributed by atoms with E-state index in [0.29, 0.717) is 21.9 Å². The number of ether oxygens (including phenoxy) is 1. The summed E-state index contributed by atoms with van der Waals surface area (Å²) >= 11 is 6.18. The minimum Gasteiger partial charge on any atom is -0.444 e. The monoisotopic (exact) mass is 535 g/mol. The van der Waals surface area contributed by atoms with Crippen LogP contribution in [0.2, 0.25) is 5.02 Å². The summed E-state index contributed by atoms with van der Waals surface area (Å²) in [7, 11) is -2.69. The van der Waals surface area contributed by atoms with Gasteiger partial charge in [0.05, 0.1) is 22.5 Å². The molecule has 2 aromatic carbocycles. The van der Waals surface area contributed by atoms with Gasteiger partial charge in [0, 0.05) is 17.6 Å². The van der Waals surface area contributed by atoms with Gasteiger partial charge in [0.1, 0.15) is 17.0 Å². The predicted molar refractivity (Wildman–Crippen MR) is 136 cm³/mol.